The van der Waals surface area contributed by atoms with E-state index in [2.05, 4.69) is 10.6 Å². The van der Waals surface area contributed by atoms with Gasteiger partial charge >= 0.3 is 0 Å². The molecule has 0 spiro atoms. The minimum absolute atomic E-state index is 0.0881. The van der Waals surface area contributed by atoms with E-state index >= 15 is 0 Å². The second kappa shape index (κ2) is 9.46. The maximum Gasteiger partial charge on any atom is 0.254 e. The third kappa shape index (κ3) is 5.77. The molecule has 0 aliphatic carbocycles. The zero-order valence-electron chi connectivity index (χ0n) is 14.5. The van der Waals surface area contributed by atoms with E-state index in [1.165, 1.54) is 0 Å². The summed E-state index contributed by atoms with van der Waals surface area (Å²) in [7, 11) is 1.93. The number of carbonyl (C=O) groups is 2. The second-order valence-corrected chi connectivity index (χ2v) is 6.37. The van der Waals surface area contributed by atoms with Gasteiger partial charge in [0.2, 0.25) is 5.91 Å². The van der Waals surface area contributed by atoms with Crippen molar-refractivity contribution in [2.45, 2.75) is 25.7 Å². The van der Waals surface area contributed by atoms with E-state index < -0.39 is 17.5 Å². The summed E-state index contributed by atoms with van der Waals surface area (Å²) in [4.78, 5) is 25.9. The summed E-state index contributed by atoms with van der Waals surface area (Å²) in [5.74, 6) is -1.50. The molecule has 1 aliphatic heterocycles. The number of nitrogens with zero attached hydrogens (tertiary/aromatic N) is 1. The molecule has 1 aromatic rings. The Balaban J connectivity index is 1.67. The number of nitrogens with one attached hydrogen (secondary N) is 2. The van der Waals surface area contributed by atoms with Crippen molar-refractivity contribution in [2.24, 2.45) is 5.92 Å². The molecule has 0 radical (unpaired) electrons. The van der Waals surface area contributed by atoms with Gasteiger partial charge in [-0.15, -0.1) is 0 Å². The minimum Gasteiger partial charge on any atom is -0.352 e. The first-order chi connectivity index (χ1) is 12.0. The minimum atomic E-state index is -0.891. The van der Waals surface area contributed by atoms with Crippen LogP contribution >= 0.6 is 0 Å². The molecule has 138 valence electrons. The molecule has 1 fully saturated rings. The largest absolute Gasteiger partial charge is 0.352 e. The van der Waals surface area contributed by atoms with E-state index in [0.29, 0.717) is 24.8 Å². The van der Waals surface area contributed by atoms with Gasteiger partial charge in [0.05, 0.1) is 5.56 Å². The predicted octanol–water partition coefficient (Wildman–Crippen LogP) is 1.93. The highest BCUT2D eigenvalue weighted by molar-refractivity contribution is 5.94. The molecule has 1 aliphatic rings. The van der Waals surface area contributed by atoms with Crippen LogP contribution in [0.2, 0.25) is 0 Å². The Morgan fingerprint density at radius 3 is 2.60 bits per heavy atom. The van der Waals surface area contributed by atoms with Crippen LogP contribution in [0.5, 0.6) is 0 Å². The van der Waals surface area contributed by atoms with Crippen LogP contribution in [0.15, 0.2) is 18.2 Å². The molecule has 0 aromatic heterocycles. The maximum atomic E-state index is 13.5. The molecule has 1 saturated heterocycles. The molecule has 0 bridgehead atoms. The lowest BCUT2D eigenvalue weighted by Crippen LogP contribution is -2.40. The molecule has 5 nitrogen and oxygen atoms in total. The lowest BCUT2D eigenvalue weighted by Gasteiger charge is -2.32. The molecule has 2 rings (SSSR count). The van der Waals surface area contributed by atoms with Crippen molar-refractivity contribution >= 4 is 11.8 Å². The molecule has 1 heterocycles. The van der Waals surface area contributed by atoms with Crippen molar-refractivity contribution in [2.75, 3.05) is 33.2 Å². The van der Waals surface area contributed by atoms with Crippen LogP contribution in [0.3, 0.4) is 0 Å². The van der Waals surface area contributed by atoms with Crippen molar-refractivity contribution in [1.82, 2.24) is 15.5 Å². The molecular formula is C18H25F2N3O2. The first-order valence-electron chi connectivity index (χ1n) is 8.67. The van der Waals surface area contributed by atoms with Crippen LogP contribution in [0.25, 0.3) is 0 Å². The van der Waals surface area contributed by atoms with Crippen LogP contribution in [0.1, 0.15) is 36.0 Å². The molecule has 1 aromatic carbocycles. The van der Waals surface area contributed by atoms with E-state index in [0.717, 1.165) is 44.6 Å². The molecule has 25 heavy (non-hydrogen) atoms. The summed E-state index contributed by atoms with van der Waals surface area (Å²) in [6.45, 7) is 2.81. The molecule has 2 N–H and O–H groups in total. The van der Waals surface area contributed by atoms with E-state index in [4.69, 9.17) is 0 Å². The molecule has 0 unspecified atom stereocenters. The van der Waals surface area contributed by atoms with Gasteiger partial charge in [0, 0.05) is 32.1 Å². The summed E-state index contributed by atoms with van der Waals surface area (Å²) in [5.41, 5.74) is -0.195. The first kappa shape index (κ1) is 19.3. The Morgan fingerprint density at radius 2 is 1.96 bits per heavy atom. The van der Waals surface area contributed by atoms with Crippen LogP contribution in [0.4, 0.5) is 8.78 Å². The molecule has 2 amide bonds. The second-order valence-electron chi connectivity index (χ2n) is 6.37. The third-order valence-corrected chi connectivity index (χ3v) is 4.49. The highest BCUT2D eigenvalue weighted by Gasteiger charge is 2.22. The standard InChI is InChI=1S/C18H25F2N3O2/c1-21-12-13-6-9-23(10-7-13)17(24)3-2-8-22-18(25)15-5-4-14(19)11-16(15)20/h4-5,11,13,21H,2-3,6-10,12H2,1H3,(H,22,25). The van der Waals surface area contributed by atoms with Gasteiger partial charge in [-0.1, -0.05) is 0 Å². The first-order valence-corrected chi connectivity index (χ1v) is 8.67. The highest BCUT2D eigenvalue weighted by Crippen LogP contribution is 2.17. The van der Waals surface area contributed by atoms with Crippen LogP contribution in [-0.4, -0.2) is 49.9 Å². The summed E-state index contributed by atoms with van der Waals surface area (Å²) in [5, 5.41) is 5.72. The number of halogens is 2. The average molecular weight is 353 g/mol. The smallest absolute Gasteiger partial charge is 0.254 e. The average Bonchev–Trinajstić information content (AvgIpc) is 2.59. The fraction of sp³-hybridized carbons (Fsp3) is 0.556. The topological polar surface area (TPSA) is 61.4 Å². The summed E-state index contributed by atoms with van der Waals surface area (Å²) < 4.78 is 26.3. The van der Waals surface area contributed by atoms with Crippen molar-refractivity contribution in [3.05, 3.63) is 35.4 Å². The van der Waals surface area contributed by atoms with Gasteiger partial charge in [0.25, 0.3) is 5.91 Å². The van der Waals surface area contributed by atoms with E-state index in [-0.39, 0.29) is 18.0 Å². The van der Waals surface area contributed by atoms with Crippen molar-refractivity contribution in [3.8, 4) is 0 Å². The van der Waals surface area contributed by atoms with Gasteiger partial charge in [-0.25, -0.2) is 8.78 Å². The number of hydrogen-bond donors (Lipinski definition) is 2. The number of piperidine rings is 1. The highest BCUT2D eigenvalue weighted by atomic mass is 19.1. The van der Waals surface area contributed by atoms with Gasteiger partial charge in [0.15, 0.2) is 0 Å². The lowest BCUT2D eigenvalue weighted by molar-refractivity contribution is -0.132. The Morgan fingerprint density at radius 1 is 1.24 bits per heavy atom. The third-order valence-electron chi connectivity index (χ3n) is 4.49. The SMILES string of the molecule is CNCC1CCN(C(=O)CCCNC(=O)c2ccc(F)cc2F)CC1. The molecule has 0 atom stereocenters. The molecule has 7 heteroatoms. The van der Waals surface area contributed by atoms with E-state index in [9.17, 15) is 18.4 Å². The van der Waals surface area contributed by atoms with Crippen LogP contribution in [-0.2, 0) is 4.79 Å². The Labute approximate surface area is 146 Å². The Kier molecular flexibility index (Phi) is 7.31. The summed E-state index contributed by atoms with van der Waals surface area (Å²) >= 11 is 0. The Bertz CT molecular complexity index is 602. The monoisotopic (exact) mass is 353 g/mol. The van der Waals surface area contributed by atoms with Gasteiger partial charge in [-0.3, -0.25) is 9.59 Å². The number of likely N-dealkylation sites (tertiary alicyclic amines) is 1. The quantitative estimate of drug-likeness (QED) is 0.737. The van der Waals surface area contributed by atoms with Crippen LogP contribution in [0, 0.1) is 17.6 Å². The van der Waals surface area contributed by atoms with Gasteiger partial charge in [-0.05, 0) is 50.9 Å². The fourth-order valence-corrected chi connectivity index (χ4v) is 3.04. The molecular weight excluding hydrogens is 328 g/mol. The summed E-state index contributed by atoms with van der Waals surface area (Å²) in [6, 6.07) is 2.83. The predicted molar refractivity (Wildman–Crippen MR) is 91.2 cm³/mol. The molecule has 0 saturated carbocycles. The van der Waals surface area contributed by atoms with E-state index in [1.807, 2.05) is 11.9 Å². The van der Waals surface area contributed by atoms with Gasteiger partial charge in [0.1, 0.15) is 11.6 Å². The van der Waals surface area contributed by atoms with Gasteiger partial charge in [-0.2, -0.15) is 0 Å². The number of rotatable bonds is 7. The number of hydrogen-bond acceptors (Lipinski definition) is 3. The normalized spacial score (nSPS) is 15.2. The van der Waals surface area contributed by atoms with E-state index in [1.54, 1.807) is 0 Å². The fourth-order valence-electron chi connectivity index (χ4n) is 3.04. The number of benzene rings is 1. The van der Waals surface area contributed by atoms with Crippen LogP contribution < -0.4 is 10.6 Å². The lowest BCUT2D eigenvalue weighted by atomic mass is 9.96. The summed E-state index contributed by atoms with van der Waals surface area (Å²) in [6.07, 6.45) is 2.85. The number of amides is 2. The van der Waals surface area contributed by atoms with Gasteiger partial charge < -0.3 is 15.5 Å². The number of carbonyl (C=O) groups excluding carboxylic acids is 2. The van der Waals surface area contributed by atoms with Crippen molar-refractivity contribution in [3.63, 3.8) is 0 Å². The zero-order valence-corrected chi connectivity index (χ0v) is 14.5. The zero-order chi connectivity index (χ0) is 18.2. The maximum absolute atomic E-state index is 13.5. The Hall–Kier alpha value is -2.02. The van der Waals surface area contributed by atoms with Crippen molar-refractivity contribution < 1.29 is 18.4 Å². The van der Waals surface area contributed by atoms with Crippen molar-refractivity contribution in [1.29, 1.82) is 0 Å².